The third-order valence-corrected chi connectivity index (χ3v) is 6.78. The summed E-state index contributed by atoms with van der Waals surface area (Å²) in [6, 6.07) is 9.43. The van der Waals surface area contributed by atoms with E-state index in [1.165, 1.54) is 0 Å². The lowest BCUT2D eigenvalue weighted by Crippen LogP contribution is -2.29. The third kappa shape index (κ3) is 5.33. The van der Waals surface area contributed by atoms with Crippen LogP contribution in [0.25, 0.3) is 0 Å². The van der Waals surface area contributed by atoms with Gasteiger partial charge in [-0.2, -0.15) is 0 Å². The van der Waals surface area contributed by atoms with Crippen LogP contribution in [0.2, 0.25) is 5.02 Å². The van der Waals surface area contributed by atoms with E-state index < -0.39 is 24.4 Å². The molecular formula is C24H26BrClN2O4. The van der Waals surface area contributed by atoms with Crippen molar-refractivity contribution in [2.24, 2.45) is 5.92 Å². The molecule has 0 saturated carbocycles. The fourth-order valence-corrected chi connectivity index (χ4v) is 4.49. The monoisotopic (exact) mass is 520 g/mol. The maximum Gasteiger partial charge on any atom is 0.311 e. The number of carbonyl (C=O) groups excluding carboxylic acids is 3. The third-order valence-electron chi connectivity index (χ3n) is 5.58. The van der Waals surface area contributed by atoms with Crippen molar-refractivity contribution in [3.63, 3.8) is 0 Å². The van der Waals surface area contributed by atoms with Gasteiger partial charge in [0.05, 0.1) is 10.9 Å². The Morgan fingerprint density at radius 1 is 1.22 bits per heavy atom. The van der Waals surface area contributed by atoms with E-state index in [0.717, 1.165) is 39.7 Å². The standard InChI is InChI=1S/C24H26BrClN2O4/c1-4-15-7-6-8-16(5-2)23(15)28-12-17(10-22(28)30)24(31)32-13-21(29)27-20-11-19(26)18(25)9-14(20)3/h6-9,11,17H,4-5,10,12-13H2,1-3H3,(H,27,29)/t17-/m1/s1. The lowest BCUT2D eigenvalue weighted by atomic mass is 10.0. The summed E-state index contributed by atoms with van der Waals surface area (Å²) in [5.41, 5.74) is 4.42. The van der Waals surface area contributed by atoms with Gasteiger partial charge in [0, 0.05) is 28.8 Å². The number of benzene rings is 2. The number of hydrogen-bond acceptors (Lipinski definition) is 4. The lowest BCUT2D eigenvalue weighted by molar-refractivity contribution is -0.151. The molecule has 0 unspecified atom stereocenters. The van der Waals surface area contributed by atoms with Crippen molar-refractivity contribution in [2.45, 2.75) is 40.0 Å². The summed E-state index contributed by atoms with van der Waals surface area (Å²) in [6.45, 7) is 5.75. The Morgan fingerprint density at radius 3 is 2.50 bits per heavy atom. The molecule has 2 aromatic rings. The van der Waals surface area contributed by atoms with Crippen LogP contribution in [-0.2, 0) is 32.0 Å². The first kappa shape index (κ1) is 24.3. The van der Waals surface area contributed by atoms with Crippen molar-refractivity contribution in [3.05, 3.63) is 56.5 Å². The first-order valence-electron chi connectivity index (χ1n) is 10.6. The molecule has 1 heterocycles. The summed E-state index contributed by atoms with van der Waals surface area (Å²) in [5, 5.41) is 3.16. The van der Waals surface area contributed by atoms with Gasteiger partial charge >= 0.3 is 5.97 Å². The molecule has 6 nitrogen and oxygen atoms in total. The topological polar surface area (TPSA) is 75.7 Å². The van der Waals surface area contributed by atoms with Gasteiger partial charge in [0.15, 0.2) is 6.61 Å². The number of amides is 2. The van der Waals surface area contributed by atoms with Crippen molar-refractivity contribution in [3.8, 4) is 0 Å². The Kier molecular flexibility index (Phi) is 7.96. The fraction of sp³-hybridized carbons (Fsp3) is 0.375. The predicted molar refractivity (Wildman–Crippen MR) is 129 cm³/mol. The molecule has 3 rings (SSSR count). The number of nitrogens with one attached hydrogen (secondary N) is 1. The van der Waals surface area contributed by atoms with Crippen LogP contribution in [-0.4, -0.2) is 30.9 Å². The molecule has 2 aromatic carbocycles. The number of rotatable bonds is 7. The summed E-state index contributed by atoms with van der Waals surface area (Å²) in [6.07, 6.45) is 1.66. The summed E-state index contributed by atoms with van der Waals surface area (Å²) < 4.78 is 5.96. The summed E-state index contributed by atoms with van der Waals surface area (Å²) in [4.78, 5) is 39.3. The van der Waals surface area contributed by atoms with Gasteiger partial charge in [-0.05, 0) is 64.5 Å². The molecule has 8 heteroatoms. The number of anilines is 2. The molecular weight excluding hydrogens is 496 g/mol. The Labute approximate surface area is 201 Å². The van der Waals surface area contributed by atoms with E-state index in [1.54, 1.807) is 17.0 Å². The number of ether oxygens (including phenoxy) is 1. The molecule has 1 fully saturated rings. The molecule has 1 saturated heterocycles. The summed E-state index contributed by atoms with van der Waals surface area (Å²) in [7, 11) is 0. The minimum atomic E-state index is -0.603. The van der Waals surface area contributed by atoms with Crippen LogP contribution in [0.3, 0.4) is 0 Å². The molecule has 32 heavy (non-hydrogen) atoms. The highest BCUT2D eigenvalue weighted by molar-refractivity contribution is 9.10. The zero-order chi connectivity index (χ0) is 23.4. The number of halogens is 2. The van der Waals surface area contributed by atoms with E-state index >= 15 is 0 Å². The van der Waals surface area contributed by atoms with E-state index in [0.29, 0.717) is 10.7 Å². The van der Waals surface area contributed by atoms with Crippen molar-refractivity contribution < 1.29 is 19.1 Å². The highest BCUT2D eigenvalue weighted by Crippen LogP contribution is 2.33. The average Bonchev–Trinajstić information content (AvgIpc) is 3.16. The van der Waals surface area contributed by atoms with Crippen molar-refractivity contribution in [1.29, 1.82) is 0 Å². The van der Waals surface area contributed by atoms with Crippen molar-refractivity contribution >= 4 is 56.7 Å². The summed E-state index contributed by atoms with van der Waals surface area (Å²) in [5.74, 6) is -1.72. The van der Waals surface area contributed by atoms with Crippen LogP contribution >= 0.6 is 27.5 Å². The largest absolute Gasteiger partial charge is 0.455 e. The minimum Gasteiger partial charge on any atom is -0.455 e. The van der Waals surface area contributed by atoms with Gasteiger partial charge in [0.2, 0.25) is 5.91 Å². The summed E-state index contributed by atoms with van der Waals surface area (Å²) >= 11 is 9.42. The molecule has 1 N–H and O–H groups in total. The first-order valence-corrected chi connectivity index (χ1v) is 11.7. The molecule has 1 aliphatic rings. The second-order valence-corrected chi connectivity index (χ2v) is 9.04. The van der Waals surface area contributed by atoms with Crippen LogP contribution < -0.4 is 10.2 Å². The smallest absolute Gasteiger partial charge is 0.311 e. The second kappa shape index (κ2) is 10.5. The molecule has 0 spiro atoms. The number of nitrogens with zero attached hydrogens (tertiary/aromatic N) is 1. The van der Waals surface area contributed by atoms with Gasteiger partial charge < -0.3 is 15.0 Å². The molecule has 2 amide bonds. The van der Waals surface area contributed by atoms with Crippen LogP contribution in [0.5, 0.6) is 0 Å². The van der Waals surface area contributed by atoms with Gasteiger partial charge in [0.25, 0.3) is 5.91 Å². The van der Waals surface area contributed by atoms with Crippen LogP contribution in [0.1, 0.15) is 37.0 Å². The van der Waals surface area contributed by atoms with Gasteiger partial charge in [0.1, 0.15) is 0 Å². The van der Waals surface area contributed by atoms with Crippen molar-refractivity contribution in [2.75, 3.05) is 23.4 Å². The molecule has 170 valence electrons. The van der Waals surface area contributed by atoms with Crippen LogP contribution in [0, 0.1) is 12.8 Å². The zero-order valence-electron chi connectivity index (χ0n) is 18.3. The van der Waals surface area contributed by atoms with Gasteiger partial charge in [-0.1, -0.05) is 43.6 Å². The highest BCUT2D eigenvalue weighted by Gasteiger charge is 2.37. The van der Waals surface area contributed by atoms with Crippen LogP contribution in [0.15, 0.2) is 34.8 Å². The van der Waals surface area contributed by atoms with Gasteiger partial charge in [-0.3, -0.25) is 14.4 Å². The van der Waals surface area contributed by atoms with Gasteiger partial charge in [-0.25, -0.2) is 0 Å². The quantitative estimate of drug-likeness (QED) is 0.516. The molecule has 1 atom stereocenters. The molecule has 0 radical (unpaired) electrons. The minimum absolute atomic E-state index is 0.0725. The molecule has 0 bridgehead atoms. The zero-order valence-corrected chi connectivity index (χ0v) is 20.7. The van der Waals surface area contributed by atoms with E-state index in [2.05, 4.69) is 21.2 Å². The maximum atomic E-state index is 12.7. The predicted octanol–water partition coefficient (Wildman–Crippen LogP) is 5.07. The van der Waals surface area contributed by atoms with Gasteiger partial charge in [-0.15, -0.1) is 0 Å². The number of para-hydroxylation sites is 1. The number of esters is 1. The van der Waals surface area contributed by atoms with E-state index in [1.807, 2.05) is 39.0 Å². The second-order valence-electron chi connectivity index (χ2n) is 7.77. The maximum absolute atomic E-state index is 12.7. The Bertz CT molecular complexity index is 1030. The van der Waals surface area contributed by atoms with Crippen molar-refractivity contribution in [1.82, 2.24) is 0 Å². The Morgan fingerprint density at radius 2 is 1.88 bits per heavy atom. The SMILES string of the molecule is CCc1cccc(CC)c1N1C[C@H](C(=O)OCC(=O)Nc2cc(Cl)c(Br)cc2C)CC1=O. The fourth-order valence-electron chi connectivity index (χ4n) is 3.87. The Balaban J connectivity index is 1.62. The Hall–Kier alpha value is -2.38. The van der Waals surface area contributed by atoms with E-state index in [4.69, 9.17) is 16.3 Å². The molecule has 1 aliphatic heterocycles. The molecule has 0 aromatic heterocycles. The highest BCUT2D eigenvalue weighted by atomic mass is 79.9. The van der Waals surface area contributed by atoms with E-state index in [9.17, 15) is 14.4 Å². The number of aryl methyl sites for hydroxylation is 3. The van der Waals surface area contributed by atoms with Crippen LogP contribution in [0.4, 0.5) is 11.4 Å². The normalized spacial score (nSPS) is 15.7. The molecule has 0 aliphatic carbocycles. The number of carbonyl (C=O) groups is 3. The van der Waals surface area contributed by atoms with E-state index in [-0.39, 0.29) is 18.9 Å². The lowest BCUT2D eigenvalue weighted by Gasteiger charge is -2.23. The number of hydrogen-bond donors (Lipinski definition) is 1. The average molecular weight is 522 g/mol. The first-order chi connectivity index (χ1) is 15.2.